The number of para-hydroxylation sites is 1. The molecule has 1 N–H and O–H groups in total. The Morgan fingerprint density at radius 2 is 1.71 bits per heavy atom. The van der Waals surface area contributed by atoms with Gasteiger partial charge in [0.05, 0.1) is 37.6 Å². The van der Waals surface area contributed by atoms with Crippen LogP contribution in [0.25, 0.3) is 5.69 Å². The van der Waals surface area contributed by atoms with E-state index in [4.69, 9.17) is 25.8 Å². The van der Waals surface area contributed by atoms with Crippen molar-refractivity contribution in [3.63, 3.8) is 0 Å². The van der Waals surface area contributed by atoms with Gasteiger partial charge in [-0.15, -0.1) is 0 Å². The summed E-state index contributed by atoms with van der Waals surface area (Å²) in [7, 11) is 4.65. The maximum Gasteiger partial charge on any atom is 0.255 e. The van der Waals surface area contributed by atoms with Crippen LogP contribution in [0.2, 0.25) is 5.02 Å². The Morgan fingerprint density at radius 3 is 2.36 bits per heavy atom. The fourth-order valence-corrected chi connectivity index (χ4v) is 3.21. The first-order valence-corrected chi connectivity index (χ1v) is 8.95. The fourth-order valence-electron chi connectivity index (χ4n) is 2.95. The van der Waals surface area contributed by atoms with Gasteiger partial charge in [0.1, 0.15) is 5.75 Å². The third kappa shape index (κ3) is 3.92. The Bertz CT molecular complexity index is 971. The van der Waals surface area contributed by atoms with Crippen LogP contribution >= 0.6 is 11.6 Å². The van der Waals surface area contributed by atoms with Crippen molar-refractivity contribution in [1.29, 1.82) is 0 Å². The van der Waals surface area contributed by atoms with Gasteiger partial charge in [0.25, 0.3) is 5.91 Å². The molecule has 0 aliphatic heterocycles. The number of methoxy groups -OCH3 is 3. The molecule has 28 heavy (non-hydrogen) atoms. The summed E-state index contributed by atoms with van der Waals surface area (Å²) in [6.45, 7) is 0.263. The summed E-state index contributed by atoms with van der Waals surface area (Å²) in [6, 6.07) is 12.6. The highest BCUT2D eigenvalue weighted by Gasteiger charge is 2.17. The Balaban J connectivity index is 1.84. The Kier molecular flexibility index (Phi) is 6.11. The largest absolute Gasteiger partial charge is 0.496 e. The molecule has 0 aliphatic rings. The molecule has 2 aromatic carbocycles. The van der Waals surface area contributed by atoms with Crippen molar-refractivity contribution in [1.82, 2.24) is 9.88 Å². The SMILES string of the molecule is COc1cc(-n2cccc2)c(Cl)cc1C(=O)NCc1cccc(OC)c1OC. The van der Waals surface area contributed by atoms with Gasteiger partial charge in [0.2, 0.25) is 0 Å². The lowest BCUT2D eigenvalue weighted by atomic mass is 10.1. The second kappa shape index (κ2) is 8.71. The summed E-state index contributed by atoms with van der Waals surface area (Å²) in [4.78, 5) is 12.8. The number of carbonyl (C=O) groups excluding carboxylic acids is 1. The number of halogens is 1. The van der Waals surface area contributed by atoms with Crippen LogP contribution in [-0.2, 0) is 6.54 Å². The lowest BCUT2D eigenvalue weighted by Crippen LogP contribution is -2.24. The molecule has 1 amide bonds. The summed E-state index contributed by atoms with van der Waals surface area (Å²) in [6.07, 6.45) is 3.74. The molecule has 0 fully saturated rings. The van der Waals surface area contributed by atoms with Crippen molar-refractivity contribution in [3.8, 4) is 22.9 Å². The summed E-state index contributed by atoms with van der Waals surface area (Å²) in [5.41, 5.74) is 1.88. The van der Waals surface area contributed by atoms with Crippen molar-refractivity contribution >= 4 is 17.5 Å². The summed E-state index contributed by atoms with van der Waals surface area (Å²) >= 11 is 6.41. The minimum Gasteiger partial charge on any atom is -0.496 e. The summed E-state index contributed by atoms with van der Waals surface area (Å²) in [5.74, 6) is 1.31. The number of nitrogens with zero attached hydrogens (tertiary/aromatic N) is 1. The molecular formula is C21H21ClN2O4. The Labute approximate surface area is 168 Å². The molecule has 6 nitrogen and oxygen atoms in total. The van der Waals surface area contributed by atoms with E-state index in [-0.39, 0.29) is 12.5 Å². The van der Waals surface area contributed by atoms with Gasteiger partial charge in [0.15, 0.2) is 11.5 Å². The highest BCUT2D eigenvalue weighted by atomic mass is 35.5. The minimum atomic E-state index is -0.303. The molecule has 0 saturated carbocycles. The number of ether oxygens (including phenoxy) is 3. The molecule has 0 atom stereocenters. The van der Waals surface area contributed by atoms with E-state index in [0.29, 0.717) is 27.8 Å². The van der Waals surface area contributed by atoms with E-state index in [9.17, 15) is 4.79 Å². The predicted octanol–water partition coefficient (Wildman–Crippen LogP) is 4.09. The van der Waals surface area contributed by atoms with E-state index in [2.05, 4.69) is 5.32 Å². The van der Waals surface area contributed by atoms with Crippen LogP contribution in [0.4, 0.5) is 0 Å². The normalized spacial score (nSPS) is 10.4. The molecular weight excluding hydrogens is 380 g/mol. The highest BCUT2D eigenvalue weighted by Crippen LogP contribution is 2.32. The van der Waals surface area contributed by atoms with Crippen molar-refractivity contribution in [3.05, 3.63) is 71.0 Å². The quantitative estimate of drug-likeness (QED) is 0.649. The van der Waals surface area contributed by atoms with E-state index in [1.54, 1.807) is 32.4 Å². The second-order valence-corrected chi connectivity index (χ2v) is 6.34. The number of hydrogen-bond acceptors (Lipinski definition) is 4. The van der Waals surface area contributed by atoms with E-state index >= 15 is 0 Å². The van der Waals surface area contributed by atoms with Crippen LogP contribution < -0.4 is 19.5 Å². The lowest BCUT2D eigenvalue weighted by molar-refractivity contribution is 0.0947. The van der Waals surface area contributed by atoms with E-state index in [1.165, 1.54) is 7.11 Å². The smallest absolute Gasteiger partial charge is 0.255 e. The minimum absolute atomic E-state index is 0.263. The fraction of sp³-hybridized carbons (Fsp3) is 0.190. The molecule has 0 aliphatic carbocycles. The molecule has 0 spiro atoms. The number of rotatable bonds is 7. The number of carbonyl (C=O) groups is 1. The Hall–Kier alpha value is -3.12. The Morgan fingerprint density at radius 1 is 1.00 bits per heavy atom. The van der Waals surface area contributed by atoms with Crippen molar-refractivity contribution in [2.45, 2.75) is 6.54 Å². The topological polar surface area (TPSA) is 61.7 Å². The first-order chi connectivity index (χ1) is 13.6. The van der Waals surface area contributed by atoms with Gasteiger partial charge in [-0.05, 0) is 24.3 Å². The molecule has 7 heteroatoms. The number of nitrogens with one attached hydrogen (secondary N) is 1. The molecule has 3 aromatic rings. The molecule has 1 aromatic heterocycles. The number of aromatic nitrogens is 1. The van der Waals surface area contributed by atoms with Crippen molar-refractivity contribution in [2.75, 3.05) is 21.3 Å². The third-order valence-corrected chi connectivity index (χ3v) is 4.62. The zero-order valence-corrected chi connectivity index (χ0v) is 16.6. The number of amides is 1. The van der Waals surface area contributed by atoms with Gasteiger partial charge >= 0.3 is 0 Å². The highest BCUT2D eigenvalue weighted by molar-refractivity contribution is 6.33. The van der Waals surface area contributed by atoms with Crippen LogP contribution in [0.15, 0.2) is 54.9 Å². The second-order valence-electron chi connectivity index (χ2n) is 5.93. The number of hydrogen-bond donors (Lipinski definition) is 1. The van der Waals surface area contributed by atoms with Crippen molar-refractivity contribution in [2.24, 2.45) is 0 Å². The van der Waals surface area contributed by atoms with E-state index < -0.39 is 0 Å². The monoisotopic (exact) mass is 400 g/mol. The predicted molar refractivity (Wildman–Crippen MR) is 108 cm³/mol. The van der Waals surface area contributed by atoms with Crippen LogP contribution in [0.3, 0.4) is 0 Å². The van der Waals surface area contributed by atoms with Crippen LogP contribution in [0, 0.1) is 0 Å². The van der Waals surface area contributed by atoms with Crippen molar-refractivity contribution < 1.29 is 19.0 Å². The standard InChI is InChI=1S/C21H21ClN2O4/c1-26-18-8-6-7-14(20(18)28-3)13-23-21(25)15-11-16(22)17(12-19(15)27-2)24-9-4-5-10-24/h4-12H,13H2,1-3H3,(H,23,25). The molecule has 3 rings (SSSR count). The average Bonchev–Trinajstić information content (AvgIpc) is 3.25. The zero-order chi connectivity index (χ0) is 20.1. The van der Waals surface area contributed by atoms with Gasteiger partial charge in [-0.1, -0.05) is 23.7 Å². The van der Waals surface area contributed by atoms with Gasteiger partial charge in [-0.25, -0.2) is 0 Å². The van der Waals surface area contributed by atoms with E-state index in [1.807, 2.05) is 41.2 Å². The van der Waals surface area contributed by atoms with E-state index in [0.717, 1.165) is 11.3 Å². The van der Waals surface area contributed by atoms with Crippen LogP contribution in [0.1, 0.15) is 15.9 Å². The molecule has 0 radical (unpaired) electrons. The van der Waals surface area contributed by atoms with Gasteiger partial charge in [-0.3, -0.25) is 4.79 Å². The molecule has 0 saturated heterocycles. The summed E-state index contributed by atoms with van der Waals surface area (Å²) in [5, 5.41) is 3.32. The molecule has 0 unspecified atom stereocenters. The first-order valence-electron chi connectivity index (χ1n) is 8.58. The lowest BCUT2D eigenvalue weighted by Gasteiger charge is -2.15. The van der Waals surface area contributed by atoms with Gasteiger partial charge < -0.3 is 24.1 Å². The van der Waals surface area contributed by atoms with Crippen LogP contribution in [-0.4, -0.2) is 31.8 Å². The van der Waals surface area contributed by atoms with Gasteiger partial charge in [-0.2, -0.15) is 0 Å². The molecule has 0 bridgehead atoms. The molecule has 146 valence electrons. The van der Waals surface area contributed by atoms with Crippen LogP contribution in [0.5, 0.6) is 17.2 Å². The maximum absolute atomic E-state index is 12.8. The third-order valence-electron chi connectivity index (χ3n) is 4.32. The molecule has 1 heterocycles. The van der Waals surface area contributed by atoms with Gasteiger partial charge in [0, 0.05) is 30.6 Å². The zero-order valence-electron chi connectivity index (χ0n) is 15.9. The number of benzene rings is 2. The average molecular weight is 401 g/mol. The maximum atomic E-state index is 12.8. The summed E-state index contributed by atoms with van der Waals surface area (Å²) < 4.78 is 18.0. The first kappa shape index (κ1) is 19.6.